The summed E-state index contributed by atoms with van der Waals surface area (Å²) in [5.41, 5.74) is 6.13. The second-order valence-corrected chi connectivity index (χ2v) is 3.70. The molecule has 1 atom stereocenters. The molecule has 2 heteroatoms. The Morgan fingerprint density at radius 2 is 2.00 bits per heavy atom. The minimum absolute atomic E-state index is 0.0347. The van der Waals surface area contributed by atoms with Gasteiger partial charge in [0.1, 0.15) is 6.23 Å². The van der Waals surface area contributed by atoms with Crippen LogP contribution in [-0.2, 0) is 4.74 Å². The van der Waals surface area contributed by atoms with Crippen molar-refractivity contribution in [1.29, 1.82) is 0 Å². The van der Waals surface area contributed by atoms with Crippen molar-refractivity contribution in [1.82, 2.24) is 0 Å². The van der Waals surface area contributed by atoms with E-state index >= 15 is 0 Å². The van der Waals surface area contributed by atoms with Gasteiger partial charge in [0.25, 0.3) is 0 Å². The highest BCUT2D eigenvalue weighted by Gasteiger charge is 2.68. The summed E-state index contributed by atoms with van der Waals surface area (Å²) in [5, 5.41) is 0. The highest BCUT2D eigenvalue weighted by atomic mass is 16.6. The summed E-state index contributed by atoms with van der Waals surface area (Å²) in [6, 6.07) is 0. The van der Waals surface area contributed by atoms with Crippen LogP contribution < -0.4 is 5.73 Å². The Hall–Kier alpha value is -0.0800. The molecule has 1 aliphatic heterocycles. The quantitative estimate of drug-likeness (QED) is 0.524. The Labute approximate surface area is 55.4 Å². The van der Waals surface area contributed by atoms with E-state index in [9.17, 15) is 0 Å². The van der Waals surface area contributed by atoms with Gasteiger partial charge in [-0.15, -0.1) is 0 Å². The van der Waals surface area contributed by atoms with E-state index in [0.29, 0.717) is 5.41 Å². The normalized spacial score (nSPS) is 42.3. The molecule has 2 rings (SSSR count). The predicted octanol–water partition coefficient (Wildman–Crippen LogP) is 0.860. The SMILES string of the molecule is CC1(C)OC(N)C12CC2. The van der Waals surface area contributed by atoms with E-state index in [4.69, 9.17) is 10.5 Å². The van der Waals surface area contributed by atoms with Crippen molar-refractivity contribution in [3.05, 3.63) is 0 Å². The van der Waals surface area contributed by atoms with E-state index in [0.717, 1.165) is 0 Å². The van der Waals surface area contributed by atoms with Crippen molar-refractivity contribution in [3.63, 3.8) is 0 Å². The van der Waals surface area contributed by atoms with Gasteiger partial charge in [0.2, 0.25) is 0 Å². The molecule has 0 radical (unpaired) electrons. The lowest BCUT2D eigenvalue weighted by Crippen LogP contribution is -2.62. The van der Waals surface area contributed by atoms with E-state index in [1.165, 1.54) is 12.8 Å². The number of ether oxygens (including phenoxy) is 1. The van der Waals surface area contributed by atoms with Gasteiger partial charge in [-0.3, -0.25) is 0 Å². The molecule has 1 heterocycles. The summed E-state index contributed by atoms with van der Waals surface area (Å²) < 4.78 is 5.38. The molecule has 2 nitrogen and oxygen atoms in total. The molecule has 1 aliphatic carbocycles. The first-order valence-corrected chi connectivity index (χ1v) is 3.52. The third-order valence-corrected chi connectivity index (χ3v) is 2.95. The van der Waals surface area contributed by atoms with Crippen molar-refractivity contribution in [2.24, 2.45) is 11.1 Å². The van der Waals surface area contributed by atoms with Gasteiger partial charge in [-0.25, -0.2) is 0 Å². The van der Waals surface area contributed by atoms with Crippen molar-refractivity contribution in [3.8, 4) is 0 Å². The van der Waals surface area contributed by atoms with Crippen LogP contribution in [0.25, 0.3) is 0 Å². The second kappa shape index (κ2) is 1.18. The second-order valence-electron chi connectivity index (χ2n) is 3.70. The van der Waals surface area contributed by atoms with E-state index in [1.54, 1.807) is 0 Å². The summed E-state index contributed by atoms with van der Waals surface area (Å²) in [6.45, 7) is 4.26. The number of hydrogen-bond donors (Lipinski definition) is 1. The molecule has 1 saturated carbocycles. The Morgan fingerprint density at radius 3 is 2.11 bits per heavy atom. The third-order valence-electron chi connectivity index (χ3n) is 2.95. The van der Waals surface area contributed by atoms with Gasteiger partial charge in [-0.05, 0) is 26.7 Å². The highest BCUT2D eigenvalue weighted by molar-refractivity contribution is 5.15. The van der Waals surface area contributed by atoms with Crippen molar-refractivity contribution >= 4 is 0 Å². The standard InChI is InChI=1S/C7H13NO/c1-6(2)7(3-4-7)5(8)9-6/h5H,3-4,8H2,1-2H3. The van der Waals surface area contributed by atoms with Gasteiger partial charge in [0, 0.05) is 5.41 Å². The van der Waals surface area contributed by atoms with Gasteiger partial charge in [-0.2, -0.15) is 0 Å². The van der Waals surface area contributed by atoms with Gasteiger partial charge in [0.15, 0.2) is 0 Å². The monoisotopic (exact) mass is 127 g/mol. The Kier molecular flexibility index (Phi) is 0.746. The lowest BCUT2D eigenvalue weighted by atomic mass is 9.80. The molecule has 52 valence electrons. The lowest BCUT2D eigenvalue weighted by Gasteiger charge is -2.50. The third kappa shape index (κ3) is 0.447. The first kappa shape index (κ1) is 5.69. The molecule has 0 aromatic heterocycles. The molecule has 9 heavy (non-hydrogen) atoms. The lowest BCUT2D eigenvalue weighted by molar-refractivity contribution is -0.256. The molecular formula is C7H13NO. The van der Waals surface area contributed by atoms with Crippen LogP contribution in [0.4, 0.5) is 0 Å². The maximum Gasteiger partial charge on any atom is 0.114 e. The van der Waals surface area contributed by atoms with Crippen LogP contribution in [0.3, 0.4) is 0 Å². The summed E-state index contributed by atoms with van der Waals surface area (Å²) in [5.74, 6) is 0. The zero-order valence-corrected chi connectivity index (χ0v) is 5.98. The maximum atomic E-state index is 5.67. The smallest absolute Gasteiger partial charge is 0.114 e. The molecule has 1 saturated heterocycles. The fourth-order valence-electron chi connectivity index (χ4n) is 1.85. The van der Waals surface area contributed by atoms with E-state index in [1.807, 2.05) is 0 Å². The van der Waals surface area contributed by atoms with Crippen LogP contribution >= 0.6 is 0 Å². The van der Waals surface area contributed by atoms with Gasteiger partial charge < -0.3 is 10.5 Å². The Morgan fingerprint density at radius 1 is 1.44 bits per heavy atom. The molecule has 0 amide bonds. The average Bonchev–Trinajstić information content (AvgIpc) is 2.40. The predicted molar refractivity (Wildman–Crippen MR) is 34.8 cm³/mol. The van der Waals surface area contributed by atoms with Crippen molar-refractivity contribution in [2.75, 3.05) is 0 Å². The summed E-state index contributed by atoms with van der Waals surface area (Å²) in [6.07, 6.45) is 2.56. The van der Waals surface area contributed by atoms with Gasteiger partial charge in [-0.1, -0.05) is 0 Å². The minimum Gasteiger partial charge on any atom is -0.356 e. The molecule has 2 aliphatic rings. The molecule has 0 aromatic carbocycles. The maximum absolute atomic E-state index is 5.67. The Balaban J connectivity index is 2.20. The zero-order chi connectivity index (χ0) is 6.70. The van der Waals surface area contributed by atoms with Crippen molar-refractivity contribution in [2.45, 2.75) is 38.5 Å². The molecule has 2 N–H and O–H groups in total. The topological polar surface area (TPSA) is 35.2 Å². The minimum atomic E-state index is 0.0347. The van der Waals surface area contributed by atoms with Crippen LogP contribution in [0.1, 0.15) is 26.7 Å². The van der Waals surface area contributed by atoms with Crippen LogP contribution in [0.5, 0.6) is 0 Å². The molecule has 1 unspecified atom stereocenters. The van der Waals surface area contributed by atoms with Crippen LogP contribution in [-0.4, -0.2) is 11.8 Å². The van der Waals surface area contributed by atoms with E-state index < -0.39 is 0 Å². The Bertz CT molecular complexity index is 149. The zero-order valence-electron chi connectivity index (χ0n) is 5.98. The summed E-state index contributed by atoms with van der Waals surface area (Å²) >= 11 is 0. The largest absolute Gasteiger partial charge is 0.356 e. The molecule has 0 bridgehead atoms. The first-order valence-electron chi connectivity index (χ1n) is 3.52. The molecular weight excluding hydrogens is 114 g/mol. The average molecular weight is 127 g/mol. The number of rotatable bonds is 0. The summed E-state index contributed by atoms with van der Waals surface area (Å²) in [4.78, 5) is 0. The van der Waals surface area contributed by atoms with E-state index in [2.05, 4.69) is 13.8 Å². The molecule has 0 aromatic rings. The fourth-order valence-corrected chi connectivity index (χ4v) is 1.85. The highest BCUT2D eigenvalue weighted by Crippen LogP contribution is 2.64. The van der Waals surface area contributed by atoms with Crippen LogP contribution in [0.2, 0.25) is 0 Å². The molecule has 1 spiro atoms. The van der Waals surface area contributed by atoms with Gasteiger partial charge in [0.05, 0.1) is 5.60 Å². The van der Waals surface area contributed by atoms with Gasteiger partial charge >= 0.3 is 0 Å². The number of hydrogen-bond acceptors (Lipinski definition) is 2. The van der Waals surface area contributed by atoms with Crippen LogP contribution in [0.15, 0.2) is 0 Å². The number of nitrogens with two attached hydrogens (primary N) is 1. The molecule has 2 fully saturated rings. The fraction of sp³-hybridized carbons (Fsp3) is 1.00. The van der Waals surface area contributed by atoms with Crippen molar-refractivity contribution < 1.29 is 4.74 Å². The summed E-state index contributed by atoms with van der Waals surface area (Å²) in [7, 11) is 0. The van der Waals surface area contributed by atoms with E-state index in [-0.39, 0.29) is 11.8 Å². The first-order chi connectivity index (χ1) is 4.08. The van der Waals surface area contributed by atoms with Crippen LogP contribution in [0, 0.1) is 5.41 Å².